The van der Waals surface area contributed by atoms with Crippen molar-refractivity contribution in [1.82, 2.24) is 5.32 Å². The molecule has 76 valence electrons. The molecule has 0 aromatic heterocycles. The molecule has 0 aliphatic carbocycles. The van der Waals surface area contributed by atoms with Gasteiger partial charge in [0.05, 0.1) is 0 Å². The molecule has 1 atom stereocenters. The molecule has 0 saturated carbocycles. The molecule has 1 fully saturated rings. The molecular formula is C13H19N. The van der Waals surface area contributed by atoms with Crippen LogP contribution in [0.4, 0.5) is 0 Å². The SMILES string of the molecule is CCc1ccc([C@H]2CCCNC2)cc1. The van der Waals surface area contributed by atoms with Crippen LogP contribution in [-0.4, -0.2) is 13.1 Å². The summed E-state index contributed by atoms with van der Waals surface area (Å²) in [5.74, 6) is 0.745. The summed E-state index contributed by atoms with van der Waals surface area (Å²) in [5.41, 5.74) is 2.95. The van der Waals surface area contributed by atoms with Gasteiger partial charge in [0.15, 0.2) is 0 Å². The van der Waals surface area contributed by atoms with E-state index < -0.39 is 0 Å². The van der Waals surface area contributed by atoms with Gasteiger partial charge in [-0.15, -0.1) is 0 Å². The highest BCUT2D eigenvalue weighted by Gasteiger charge is 2.14. The molecule has 1 N–H and O–H groups in total. The summed E-state index contributed by atoms with van der Waals surface area (Å²) in [5, 5.41) is 3.46. The highest BCUT2D eigenvalue weighted by Crippen LogP contribution is 2.23. The summed E-state index contributed by atoms with van der Waals surface area (Å²) in [6.07, 6.45) is 3.81. The average Bonchev–Trinajstić information content (AvgIpc) is 2.30. The lowest BCUT2D eigenvalue weighted by molar-refractivity contribution is 0.461. The van der Waals surface area contributed by atoms with Gasteiger partial charge < -0.3 is 5.32 Å². The van der Waals surface area contributed by atoms with Crippen molar-refractivity contribution in [2.24, 2.45) is 0 Å². The van der Waals surface area contributed by atoms with E-state index in [-0.39, 0.29) is 0 Å². The van der Waals surface area contributed by atoms with Gasteiger partial charge in [0, 0.05) is 6.54 Å². The molecule has 1 heterocycles. The Hall–Kier alpha value is -0.820. The minimum Gasteiger partial charge on any atom is -0.316 e. The fourth-order valence-electron chi connectivity index (χ4n) is 2.16. The van der Waals surface area contributed by atoms with Crippen LogP contribution >= 0.6 is 0 Å². The monoisotopic (exact) mass is 189 g/mol. The largest absolute Gasteiger partial charge is 0.316 e. The molecule has 0 radical (unpaired) electrons. The van der Waals surface area contributed by atoms with Crippen LogP contribution in [0.15, 0.2) is 24.3 Å². The summed E-state index contributed by atoms with van der Waals surface area (Å²) >= 11 is 0. The molecule has 1 aliphatic heterocycles. The maximum absolute atomic E-state index is 3.46. The summed E-state index contributed by atoms with van der Waals surface area (Å²) in [7, 11) is 0. The molecule has 1 aliphatic rings. The molecular weight excluding hydrogens is 170 g/mol. The summed E-state index contributed by atoms with van der Waals surface area (Å²) in [4.78, 5) is 0. The van der Waals surface area contributed by atoms with E-state index in [0.717, 1.165) is 18.9 Å². The first-order valence-corrected chi connectivity index (χ1v) is 5.69. The Balaban J connectivity index is 2.07. The molecule has 1 heteroatoms. The zero-order valence-electron chi connectivity index (χ0n) is 8.92. The van der Waals surface area contributed by atoms with E-state index in [1.807, 2.05) is 0 Å². The van der Waals surface area contributed by atoms with E-state index in [4.69, 9.17) is 0 Å². The van der Waals surface area contributed by atoms with Gasteiger partial charge in [-0.1, -0.05) is 31.2 Å². The van der Waals surface area contributed by atoms with E-state index in [2.05, 4.69) is 36.5 Å². The second-order valence-corrected chi connectivity index (χ2v) is 4.14. The Labute approximate surface area is 86.5 Å². The molecule has 1 nitrogen and oxygen atoms in total. The first kappa shape index (κ1) is 9.72. The molecule has 1 aromatic rings. The minimum absolute atomic E-state index is 0.745. The number of aryl methyl sites for hydroxylation is 1. The lowest BCUT2D eigenvalue weighted by Crippen LogP contribution is -2.28. The van der Waals surface area contributed by atoms with Crippen LogP contribution in [0.2, 0.25) is 0 Å². The van der Waals surface area contributed by atoms with Crippen molar-refractivity contribution >= 4 is 0 Å². The number of piperidine rings is 1. The van der Waals surface area contributed by atoms with Crippen LogP contribution in [0.3, 0.4) is 0 Å². The average molecular weight is 189 g/mol. The number of hydrogen-bond donors (Lipinski definition) is 1. The molecule has 2 rings (SSSR count). The van der Waals surface area contributed by atoms with E-state index in [0.29, 0.717) is 0 Å². The Morgan fingerprint density at radius 1 is 1.29 bits per heavy atom. The normalized spacial score (nSPS) is 22.2. The van der Waals surface area contributed by atoms with Crippen LogP contribution in [-0.2, 0) is 6.42 Å². The third-order valence-electron chi connectivity index (χ3n) is 3.16. The van der Waals surface area contributed by atoms with Gasteiger partial charge in [-0.05, 0) is 42.9 Å². The number of benzene rings is 1. The van der Waals surface area contributed by atoms with Crippen molar-refractivity contribution in [3.63, 3.8) is 0 Å². The van der Waals surface area contributed by atoms with Crippen LogP contribution in [0, 0.1) is 0 Å². The van der Waals surface area contributed by atoms with Crippen LogP contribution < -0.4 is 5.32 Å². The highest BCUT2D eigenvalue weighted by atomic mass is 14.9. The minimum atomic E-state index is 0.745. The van der Waals surface area contributed by atoms with Gasteiger partial charge in [-0.3, -0.25) is 0 Å². The molecule has 0 bridgehead atoms. The zero-order valence-corrected chi connectivity index (χ0v) is 8.92. The van der Waals surface area contributed by atoms with Crippen molar-refractivity contribution in [2.75, 3.05) is 13.1 Å². The standard InChI is InChI=1S/C13H19N/c1-2-11-5-7-12(8-6-11)13-4-3-9-14-10-13/h5-8,13-14H,2-4,9-10H2,1H3/t13-/m0/s1. The third kappa shape index (κ3) is 2.16. The topological polar surface area (TPSA) is 12.0 Å². The van der Waals surface area contributed by atoms with E-state index >= 15 is 0 Å². The lowest BCUT2D eigenvalue weighted by Gasteiger charge is -2.23. The van der Waals surface area contributed by atoms with E-state index in [1.54, 1.807) is 0 Å². The Morgan fingerprint density at radius 2 is 2.07 bits per heavy atom. The van der Waals surface area contributed by atoms with Gasteiger partial charge in [0.25, 0.3) is 0 Å². The lowest BCUT2D eigenvalue weighted by atomic mass is 9.91. The smallest absolute Gasteiger partial charge is 0.00201 e. The van der Waals surface area contributed by atoms with E-state index in [1.165, 1.54) is 30.5 Å². The van der Waals surface area contributed by atoms with E-state index in [9.17, 15) is 0 Å². The Bertz CT molecular complexity index is 270. The van der Waals surface area contributed by atoms with Gasteiger partial charge in [0.2, 0.25) is 0 Å². The first-order chi connectivity index (χ1) is 6.90. The van der Waals surface area contributed by atoms with Gasteiger partial charge in [-0.25, -0.2) is 0 Å². The Kier molecular flexibility index (Phi) is 3.20. The summed E-state index contributed by atoms with van der Waals surface area (Å²) in [6, 6.07) is 9.14. The number of rotatable bonds is 2. The second kappa shape index (κ2) is 4.61. The molecule has 1 saturated heterocycles. The fourth-order valence-corrected chi connectivity index (χ4v) is 2.16. The second-order valence-electron chi connectivity index (χ2n) is 4.14. The van der Waals surface area contributed by atoms with Crippen molar-refractivity contribution < 1.29 is 0 Å². The molecule has 0 spiro atoms. The highest BCUT2D eigenvalue weighted by molar-refractivity contribution is 5.25. The first-order valence-electron chi connectivity index (χ1n) is 5.69. The van der Waals surface area contributed by atoms with Crippen LogP contribution in [0.1, 0.15) is 36.8 Å². The van der Waals surface area contributed by atoms with Gasteiger partial charge in [-0.2, -0.15) is 0 Å². The van der Waals surface area contributed by atoms with Crippen molar-refractivity contribution in [3.8, 4) is 0 Å². The predicted octanol–water partition coefficient (Wildman–Crippen LogP) is 2.72. The van der Waals surface area contributed by atoms with Crippen LogP contribution in [0.25, 0.3) is 0 Å². The fraction of sp³-hybridized carbons (Fsp3) is 0.538. The van der Waals surface area contributed by atoms with Crippen molar-refractivity contribution in [3.05, 3.63) is 35.4 Å². The van der Waals surface area contributed by atoms with Gasteiger partial charge in [0.1, 0.15) is 0 Å². The predicted molar refractivity (Wildman–Crippen MR) is 60.7 cm³/mol. The zero-order chi connectivity index (χ0) is 9.80. The molecule has 1 aromatic carbocycles. The van der Waals surface area contributed by atoms with Crippen LogP contribution in [0.5, 0.6) is 0 Å². The van der Waals surface area contributed by atoms with Crippen molar-refractivity contribution in [2.45, 2.75) is 32.1 Å². The third-order valence-corrected chi connectivity index (χ3v) is 3.16. The quantitative estimate of drug-likeness (QED) is 0.754. The molecule has 14 heavy (non-hydrogen) atoms. The summed E-state index contributed by atoms with van der Waals surface area (Å²) < 4.78 is 0. The number of nitrogens with one attached hydrogen (secondary N) is 1. The Morgan fingerprint density at radius 3 is 2.64 bits per heavy atom. The maximum atomic E-state index is 3.46. The molecule has 0 unspecified atom stereocenters. The number of hydrogen-bond acceptors (Lipinski definition) is 1. The van der Waals surface area contributed by atoms with Crippen molar-refractivity contribution in [1.29, 1.82) is 0 Å². The van der Waals surface area contributed by atoms with Gasteiger partial charge >= 0.3 is 0 Å². The summed E-state index contributed by atoms with van der Waals surface area (Å²) in [6.45, 7) is 4.56. The maximum Gasteiger partial charge on any atom is 0.00201 e. The molecule has 0 amide bonds.